The molecule has 24 heavy (non-hydrogen) atoms. The Hall–Kier alpha value is -1.88. The number of ether oxygens (including phenoxy) is 1. The fraction of sp³-hybridized carbons (Fsp3) is 0.579. The third kappa shape index (κ3) is 4.57. The lowest BCUT2D eigenvalue weighted by molar-refractivity contribution is -0.145. The van der Waals surface area contributed by atoms with E-state index in [1.54, 1.807) is 6.92 Å². The predicted octanol–water partition coefficient (Wildman–Crippen LogP) is 2.36. The Morgan fingerprint density at radius 1 is 1.33 bits per heavy atom. The molecule has 5 nitrogen and oxygen atoms in total. The van der Waals surface area contributed by atoms with Gasteiger partial charge in [0.15, 0.2) is 0 Å². The number of benzene rings is 1. The Labute approximate surface area is 143 Å². The third-order valence-electron chi connectivity index (χ3n) is 4.82. The molecule has 1 fully saturated rings. The lowest BCUT2D eigenvalue weighted by Crippen LogP contribution is -2.53. The summed E-state index contributed by atoms with van der Waals surface area (Å²) in [5.41, 5.74) is 6.66. The number of hydrogen-bond donors (Lipinski definition) is 2. The van der Waals surface area contributed by atoms with Gasteiger partial charge in [0.1, 0.15) is 0 Å². The maximum Gasteiger partial charge on any atom is 0.315 e. The van der Waals surface area contributed by atoms with Crippen molar-refractivity contribution in [2.45, 2.75) is 51.0 Å². The minimum absolute atomic E-state index is 0.0649. The summed E-state index contributed by atoms with van der Waals surface area (Å²) in [7, 11) is 0. The van der Waals surface area contributed by atoms with Gasteiger partial charge < -0.3 is 15.8 Å². The lowest BCUT2D eigenvalue weighted by Gasteiger charge is -2.37. The summed E-state index contributed by atoms with van der Waals surface area (Å²) in [5, 5.41) is 2.93. The predicted molar refractivity (Wildman–Crippen MR) is 93.4 cm³/mol. The SMILES string of the molecule is CCOC(=O)C(CNC(=O)C1CCCCC1(C)N)c1ccccc1. The van der Waals surface area contributed by atoms with E-state index < -0.39 is 11.5 Å². The third-order valence-corrected chi connectivity index (χ3v) is 4.82. The van der Waals surface area contributed by atoms with Gasteiger partial charge in [-0.15, -0.1) is 0 Å². The van der Waals surface area contributed by atoms with Crippen LogP contribution in [0.25, 0.3) is 0 Å². The van der Waals surface area contributed by atoms with Gasteiger partial charge in [-0.3, -0.25) is 9.59 Å². The van der Waals surface area contributed by atoms with E-state index in [2.05, 4.69) is 5.32 Å². The molecule has 0 saturated heterocycles. The molecule has 1 aromatic carbocycles. The van der Waals surface area contributed by atoms with Crippen molar-refractivity contribution in [2.24, 2.45) is 11.7 Å². The van der Waals surface area contributed by atoms with E-state index in [1.165, 1.54) is 0 Å². The smallest absolute Gasteiger partial charge is 0.315 e. The van der Waals surface area contributed by atoms with Gasteiger partial charge in [-0.25, -0.2) is 0 Å². The van der Waals surface area contributed by atoms with Gasteiger partial charge in [-0.05, 0) is 32.3 Å². The summed E-state index contributed by atoms with van der Waals surface area (Å²) < 4.78 is 5.16. The molecule has 132 valence electrons. The van der Waals surface area contributed by atoms with Crippen molar-refractivity contribution in [3.63, 3.8) is 0 Å². The Bertz CT molecular complexity index is 557. The number of carbonyl (C=O) groups is 2. The number of carbonyl (C=O) groups excluding carboxylic acids is 2. The van der Waals surface area contributed by atoms with Crippen LogP contribution in [0, 0.1) is 5.92 Å². The highest BCUT2D eigenvalue weighted by atomic mass is 16.5. The molecule has 0 radical (unpaired) electrons. The van der Waals surface area contributed by atoms with Crippen molar-refractivity contribution in [3.05, 3.63) is 35.9 Å². The first kappa shape index (κ1) is 18.5. The van der Waals surface area contributed by atoms with Crippen LogP contribution in [0.2, 0.25) is 0 Å². The summed E-state index contributed by atoms with van der Waals surface area (Å²) >= 11 is 0. The fourth-order valence-corrected chi connectivity index (χ4v) is 3.38. The lowest BCUT2D eigenvalue weighted by atomic mass is 9.74. The molecule has 0 aromatic heterocycles. The molecule has 1 aliphatic carbocycles. The van der Waals surface area contributed by atoms with E-state index >= 15 is 0 Å². The summed E-state index contributed by atoms with van der Waals surface area (Å²) in [6, 6.07) is 9.40. The van der Waals surface area contributed by atoms with Crippen LogP contribution < -0.4 is 11.1 Å². The van der Waals surface area contributed by atoms with Crippen molar-refractivity contribution in [3.8, 4) is 0 Å². The number of esters is 1. The topological polar surface area (TPSA) is 81.4 Å². The number of nitrogens with two attached hydrogens (primary N) is 1. The zero-order valence-electron chi connectivity index (χ0n) is 14.6. The molecular weight excluding hydrogens is 304 g/mol. The van der Waals surface area contributed by atoms with Crippen LogP contribution in [0.3, 0.4) is 0 Å². The monoisotopic (exact) mass is 332 g/mol. The number of hydrogen-bond acceptors (Lipinski definition) is 4. The Morgan fingerprint density at radius 3 is 2.67 bits per heavy atom. The zero-order chi connectivity index (χ0) is 17.6. The van der Waals surface area contributed by atoms with Crippen molar-refractivity contribution in [1.82, 2.24) is 5.32 Å². The van der Waals surface area contributed by atoms with Crippen LogP contribution in [0.15, 0.2) is 30.3 Å². The summed E-state index contributed by atoms with van der Waals surface area (Å²) in [4.78, 5) is 24.8. The molecule has 1 aliphatic rings. The highest BCUT2D eigenvalue weighted by Crippen LogP contribution is 2.31. The minimum Gasteiger partial charge on any atom is -0.465 e. The van der Waals surface area contributed by atoms with Crippen LogP contribution in [-0.2, 0) is 14.3 Å². The largest absolute Gasteiger partial charge is 0.465 e. The van der Waals surface area contributed by atoms with Crippen molar-refractivity contribution >= 4 is 11.9 Å². The molecule has 3 unspecified atom stereocenters. The molecular formula is C19H28N2O3. The van der Waals surface area contributed by atoms with E-state index in [9.17, 15) is 9.59 Å². The van der Waals surface area contributed by atoms with Crippen LogP contribution in [-0.4, -0.2) is 30.6 Å². The Morgan fingerprint density at radius 2 is 2.04 bits per heavy atom. The highest BCUT2D eigenvalue weighted by Gasteiger charge is 2.38. The quantitative estimate of drug-likeness (QED) is 0.784. The number of amides is 1. The first-order chi connectivity index (χ1) is 11.5. The van der Waals surface area contributed by atoms with Gasteiger partial charge in [-0.2, -0.15) is 0 Å². The van der Waals surface area contributed by atoms with Gasteiger partial charge in [0.25, 0.3) is 0 Å². The van der Waals surface area contributed by atoms with Crippen molar-refractivity contribution < 1.29 is 14.3 Å². The molecule has 1 aromatic rings. The standard InChI is InChI=1S/C19H28N2O3/c1-3-24-18(23)15(14-9-5-4-6-10-14)13-21-17(22)16-11-7-8-12-19(16,2)20/h4-6,9-10,15-16H,3,7-8,11-13,20H2,1-2H3,(H,21,22). The van der Waals surface area contributed by atoms with Gasteiger partial charge >= 0.3 is 5.97 Å². The van der Waals surface area contributed by atoms with Gasteiger partial charge in [0.05, 0.1) is 18.4 Å². The maximum atomic E-state index is 12.6. The fourth-order valence-electron chi connectivity index (χ4n) is 3.38. The van der Waals surface area contributed by atoms with E-state index in [1.807, 2.05) is 37.3 Å². The van der Waals surface area contributed by atoms with Crippen LogP contribution in [0.1, 0.15) is 51.0 Å². The second kappa shape index (κ2) is 8.29. The highest BCUT2D eigenvalue weighted by molar-refractivity contribution is 5.83. The summed E-state index contributed by atoms with van der Waals surface area (Å²) in [6.45, 7) is 4.27. The van der Waals surface area contributed by atoms with E-state index in [0.29, 0.717) is 6.61 Å². The molecule has 3 atom stereocenters. The average Bonchev–Trinajstić information content (AvgIpc) is 2.55. The van der Waals surface area contributed by atoms with Crippen molar-refractivity contribution in [1.29, 1.82) is 0 Å². The number of nitrogens with one attached hydrogen (secondary N) is 1. The maximum absolute atomic E-state index is 12.6. The molecule has 0 aliphatic heterocycles. The van der Waals surface area contributed by atoms with E-state index in [0.717, 1.165) is 31.2 Å². The van der Waals surface area contributed by atoms with Gasteiger partial charge in [0.2, 0.25) is 5.91 Å². The van der Waals surface area contributed by atoms with Gasteiger partial charge in [0, 0.05) is 12.1 Å². The minimum atomic E-state index is -0.497. The first-order valence-corrected chi connectivity index (χ1v) is 8.74. The van der Waals surface area contributed by atoms with Gasteiger partial charge in [-0.1, -0.05) is 43.2 Å². The second-order valence-electron chi connectivity index (χ2n) is 6.76. The molecule has 0 bridgehead atoms. The average molecular weight is 332 g/mol. The van der Waals surface area contributed by atoms with Crippen LogP contribution in [0.5, 0.6) is 0 Å². The summed E-state index contributed by atoms with van der Waals surface area (Å²) in [6.07, 6.45) is 3.73. The molecule has 1 saturated carbocycles. The first-order valence-electron chi connectivity index (χ1n) is 8.74. The molecule has 0 heterocycles. The van der Waals surface area contributed by atoms with Crippen LogP contribution >= 0.6 is 0 Å². The Balaban J connectivity index is 2.04. The van der Waals surface area contributed by atoms with Crippen LogP contribution in [0.4, 0.5) is 0 Å². The van der Waals surface area contributed by atoms with E-state index in [-0.39, 0.29) is 24.3 Å². The second-order valence-corrected chi connectivity index (χ2v) is 6.76. The molecule has 5 heteroatoms. The molecule has 2 rings (SSSR count). The zero-order valence-corrected chi connectivity index (χ0v) is 14.6. The molecule has 1 amide bonds. The molecule has 0 spiro atoms. The van der Waals surface area contributed by atoms with E-state index in [4.69, 9.17) is 10.5 Å². The normalized spacial score (nSPS) is 24.9. The number of rotatable bonds is 6. The van der Waals surface area contributed by atoms with Crippen molar-refractivity contribution in [2.75, 3.05) is 13.2 Å². The molecule has 3 N–H and O–H groups in total. The Kier molecular flexibility index (Phi) is 6.37. The summed E-state index contributed by atoms with van der Waals surface area (Å²) in [5.74, 6) is -1.08.